The molecule has 2 heterocycles. The van der Waals surface area contributed by atoms with Crippen molar-refractivity contribution in [1.82, 2.24) is 25.8 Å². The third-order valence-electron chi connectivity index (χ3n) is 8.70. The highest BCUT2D eigenvalue weighted by atomic mass is 32.1. The Morgan fingerprint density at radius 1 is 1.08 bits per heavy atom. The first-order chi connectivity index (χ1) is 23.1. The van der Waals surface area contributed by atoms with Gasteiger partial charge in [0.25, 0.3) is 0 Å². The molecule has 0 unspecified atom stereocenters. The van der Waals surface area contributed by atoms with E-state index in [0.717, 1.165) is 34.5 Å². The highest BCUT2D eigenvalue weighted by Crippen LogP contribution is 2.32. The van der Waals surface area contributed by atoms with Crippen LogP contribution in [-0.4, -0.2) is 78.2 Å². The lowest BCUT2D eigenvalue weighted by Gasteiger charge is -2.38. The van der Waals surface area contributed by atoms with Gasteiger partial charge in [0, 0.05) is 24.4 Å². The van der Waals surface area contributed by atoms with Crippen molar-refractivity contribution >= 4 is 35.2 Å². The molecule has 4 atom stereocenters. The Hall–Kier alpha value is -3.95. The SMILES string of the molecule is COC(=O)C[C@H](NC(=O)[C@@H]1C[C@@H](C)CN1C(=O)[C@@H](NC(=O)OC(C)(C)C)C(C)(C)CNCC#CC1CC1)c1ccc(-c2scnc2C)cc1. The van der Waals surface area contributed by atoms with Crippen molar-refractivity contribution < 1.29 is 28.7 Å². The molecule has 11 nitrogen and oxygen atoms in total. The lowest BCUT2D eigenvalue weighted by molar-refractivity contribution is -0.144. The van der Waals surface area contributed by atoms with E-state index in [4.69, 9.17) is 9.47 Å². The number of aromatic nitrogens is 1. The number of aryl methyl sites for hydroxylation is 1. The van der Waals surface area contributed by atoms with Crippen LogP contribution >= 0.6 is 11.3 Å². The average molecular weight is 694 g/mol. The predicted molar refractivity (Wildman–Crippen MR) is 189 cm³/mol. The van der Waals surface area contributed by atoms with Gasteiger partial charge in [0.15, 0.2) is 0 Å². The highest BCUT2D eigenvalue weighted by molar-refractivity contribution is 7.13. The summed E-state index contributed by atoms with van der Waals surface area (Å²) >= 11 is 1.54. The van der Waals surface area contributed by atoms with Crippen molar-refractivity contribution in [3.05, 3.63) is 41.0 Å². The first-order valence-electron chi connectivity index (χ1n) is 16.9. The molecule has 1 aliphatic heterocycles. The number of carbonyl (C=O) groups is 4. The second-order valence-corrected chi connectivity index (χ2v) is 15.7. The standard InChI is InChI=1S/C37H51N5O6S/c1-23-18-29(33(44)40-28(19-30(43)47-8)26-13-15-27(16-14-26)31-24(2)39-22-49-31)42(20-23)34(45)32(41-35(46)48-36(3,4)5)37(6,7)21-38-17-9-10-25-11-12-25/h13-16,22-23,25,28-29,32,38H,11-12,17-21H2,1-8H3,(H,40,44)(H,41,46)/t23-,28+,29+,32-/m1/s1. The maximum atomic E-state index is 14.4. The fraction of sp³-hybridized carbons (Fsp3) is 0.595. The van der Waals surface area contributed by atoms with E-state index in [1.165, 1.54) is 7.11 Å². The number of esters is 1. The summed E-state index contributed by atoms with van der Waals surface area (Å²) < 4.78 is 10.5. The van der Waals surface area contributed by atoms with Crippen LogP contribution in [-0.2, 0) is 23.9 Å². The molecule has 3 amide bonds. The Labute approximate surface area is 294 Å². The number of nitrogens with one attached hydrogen (secondary N) is 3. The van der Waals surface area contributed by atoms with E-state index >= 15 is 0 Å². The van der Waals surface area contributed by atoms with Gasteiger partial charge >= 0.3 is 12.1 Å². The monoisotopic (exact) mass is 693 g/mol. The number of hydrogen-bond donors (Lipinski definition) is 3. The van der Waals surface area contributed by atoms with Gasteiger partial charge in [0.1, 0.15) is 17.7 Å². The topological polar surface area (TPSA) is 139 Å². The fourth-order valence-corrected chi connectivity index (χ4v) is 6.72. The lowest BCUT2D eigenvalue weighted by atomic mass is 9.83. The summed E-state index contributed by atoms with van der Waals surface area (Å²) in [6, 6.07) is 5.17. The van der Waals surface area contributed by atoms with Crippen LogP contribution in [0.2, 0.25) is 0 Å². The van der Waals surface area contributed by atoms with E-state index in [1.54, 1.807) is 42.5 Å². The van der Waals surface area contributed by atoms with Gasteiger partial charge in [-0.05, 0) is 64.0 Å². The molecular weight excluding hydrogens is 643 g/mol. The molecule has 3 N–H and O–H groups in total. The molecule has 12 heteroatoms. The van der Waals surface area contributed by atoms with Crippen molar-refractivity contribution in [2.45, 2.75) is 97.9 Å². The summed E-state index contributed by atoms with van der Waals surface area (Å²) in [5, 5.41) is 9.19. The molecule has 0 spiro atoms. The van der Waals surface area contributed by atoms with E-state index in [1.807, 2.05) is 52.0 Å². The highest BCUT2D eigenvalue weighted by Gasteiger charge is 2.46. The molecule has 0 radical (unpaired) electrons. The van der Waals surface area contributed by atoms with Gasteiger partial charge in [-0.1, -0.05) is 56.9 Å². The lowest BCUT2D eigenvalue weighted by Crippen LogP contribution is -2.60. The predicted octanol–water partition coefficient (Wildman–Crippen LogP) is 5.00. The molecule has 1 aromatic carbocycles. The Balaban J connectivity index is 1.54. The Morgan fingerprint density at radius 2 is 1.78 bits per heavy atom. The number of benzene rings is 1. The second-order valence-electron chi connectivity index (χ2n) is 14.8. The molecule has 1 aromatic heterocycles. The minimum Gasteiger partial charge on any atom is -0.469 e. The third-order valence-corrected chi connectivity index (χ3v) is 9.68. The molecule has 2 fully saturated rings. The summed E-state index contributed by atoms with van der Waals surface area (Å²) in [7, 11) is 1.31. The van der Waals surface area contributed by atoms with Crippen LogP contribution in [0.15, 0.2) is 29.8 Å². The van der Waals surface area contributed by atoms with Crippen LogP contribution < -0.4 is 16.0 Å². The Bertz CT molecular complexity index is 1550. The number of amides is 3. The number of methoxy groups -OCH3 is 1. The molecule has 1 aliphatic carbocycles. The summed E-state index contributed by atoms with van der Waals surface area (Å²) in [5.74, 6) is 5.66. The van der Waals surface area contributed by atoms with Crippen LogP contribution in [0.25, 0.3) is 10.4 Å². The maximum Gasteiger partial charge on any atom is 0.408 e. The molecular formula is C37H51N5O6S. The summed E-state index contributed by atoms with van der Waals surface area (Å²) in [4.78, 5) is 60.9. The van der Waals surface area contributed by atoms with Crippen molar-refractivity contribution in [2.75, 3.05) is 26.7 Å². The quantitative estimate of drug-likeness (QED) is 0.161. The van der Waals surface area contributed by atoms with Gasteiger partial charge < -0.3 is 30.3 Å². The van der Waals surface area contributed by atoms with E-state index in [9.17, 15) is 19.2 Å². The number of rotatable bonds is 12. The molecule has 266 valence electrons. The normalized spacial score (nSPS) is 18.9. The molecule has 4 rings (SSSR count). The Morgan fingerprint density at radius 3 is 2.37 bits per heavy atom. The number of thiazole rings is 1. The van der Waals surface area contributed by atoms with Crippen LogP contribution in [0.4, 0.5) is 4.79 Å². The number of hydrogen-bond acceptors (Lipinski definition) is 9. The minimum absolute atomic E-state index is 0.0294. The minimum atomic E-state index is -1.000. The third kappa shape index (κ3) is 10.8. The maximum absolute atomic E-state index is 14.4. The largest absolute Gasteiger partial charge is 0.469 e. The molecule has 2 aliphatic rings. The van der Waals surface area contributed by atoms with Gasteiger partial charge in [-0.2, -0.15) is 0 Å². The number of carbonyl (C=O) groups excluding carboxylic acids is 4. The molecule has 0 bridgehead atoms. The van der Waals surface area contributed by atoms with Crippen LogP contribution in [0, 0.1) is 36.0 Å². The summed E-state index contributed by atoms with van der Waals surface area (Å²) in [6.45, 7) is 14.2. The number of nitrogens with zero attached hydrogens (tertiary/aromatic N) is 2. The number of ether oxygens (including phenoxy) is 2. The van der Waals surface area contributed by atoms with Gasteiger partial charge in [-0.25, -0.2) is 9.78 Å². The smallest absolute Gasteiger partial charge is 0.408 e. The van der Waals surface area contributed by atoms with E-state index in [0.29, 0.717) is 32.0 Å². The van der Waals surface area contributed by atoms with Crippen molar-refractivity contribution in [2.24, 2.45) is 17.3 Å². The van der Waals surface area contributed by atoms with E-state index < -0.39 is 41.2 Å². The number of likely N-dealkylation sites (tertiary alicyclic amines) is 1. The fourth-order valence-electron chi connectivity index (χ4n) is 5.91. The zero-order valence-corrected chi connectivity index (χ0v) is 30.8. The van der Waals surface area contributed by atoms with E-state index in [2.05, 4.69) is 32.8 Å². The van der Waals surface area contributed by atoms with Crippen LogP contribution in [0.1, 0.15) is 84.5 Å². The molecule has 1 saturated carbocycles. The van der Waals surface area contributed by atoms with Crippen molar-refractivity contribution in [3.8, 4) is 22.3 Å². The van der Waals surface area contributed by atoms with Gasteiger partial charge in [-0.3, -0.25) is 14.4 Å². The van der Waals surface area contributed by atoms with Crippen molar-refractivity contribution in [3.63, 3.8) is 0 Å². The Kier molecular flexibility index (Phi) is 12.5. The molecule has 49 heavy (non-hydrogen) atoms. The first kappa shape index (κ1) is 37.9. The first-order valence-corrected chi connectivity index (χ1v) is 17.8. The van der Waals surface area contributed by atoms with Crippen molar-refractivity contribution in [1.29, 1.82) is 0 Å². The van der Waals surface area contributed by atoms with Gasteiger partial charge in [0.05, 0.1) is 42.2 Å². The zero-order chi connectivity index (χ0) is 35.9. The summed E-state index contributed by atoms with van der Waals surface area (Å²) in [5.41, 5.74) is 2.91. The number of alkyl carbamates (subject to hydrolysis) is 1. The average Bonchev–Trinajstić information content (AvgIpc) is 3.62. The summed E-state index contributed by atoms with van der Waals surface area (Å²) in [6.07, 6.45) is 1.92. The van der Waals surface area contributed by atoms with E-state index in [-0.39, 0.29) is 24.2 Å². The van der Waals surface area contributed by atoms with Gasteiger partial charge in [0.2, 0.25) is 11.8 Å². The van der Waals surface area contributed by atoms with Gasteiger partial charge in [-0.15, -0.1) is 11.3 Å². The molecule has 1 saturated heterocycles. The molecule has 2 aromatic rings. The van der Waals surface area contributed by atoms with Crippen LogP contribution in [0.3, 0.4) is 0 Å². The zero-order valence-electron chi connectivity index (χ0n) is 30.0. The second kappa shape index (κ2) is 16.2. The van der Waals surface area contributed by atoms with Crippen LogP contribution in [0.5, 0.6) is 0 Å².